The fraction of sp³-hybridized carbons (Fsp3) is 0.143. The summed E-state index contributed by atoms with van der Waals surface area (Å²) in [6.45, 7) is -0.265. The molecule has 8 nitrogen and oxygen atoms in total. The van der Waals surface area contributed by atoms with Gasteiger partial charge in [0, 0.05) is 6.08 Å². The van der Waals surface area contributed by atoms with Crippen LogP contribution in [0.25, 0.3) is 6.08 Å². The number of carbonyl (C=O) groups excluding carboxylic acids is 1. The van der Waals surface area contributed by atoms with Gasteiger partial charge in [0.1, 0.15) is 5.75 Å². The quantitative estimate of drug-likeness (QED) is 0.613. The summed E-state index contributed by atoms with van der Waals surface area (Å²) >= 11 is 0. The summed E-state index contributed by atoms with van der Waals surface area (Å²) in [5, 5.41) is 0. The predicted molar refractivity (Wildman–Crippen MR) is 80.6 cm³/mol. The molecule has 1 aromatic carbocycles. The van der Waals surface area contributed by atoms with Crippen molar-refractivity contribution in [3.05, 3.63) is 41.7 Å². The van der Waals surface area contributed by atoms with Crippen molar-refractivity contribution in [2.45, 2.75) is 13.0 Å². The van der Waals surface area contributed by atoms with Crippen LogP contribution in [0.15, 0.2) is 30.3 Å². The maximum atomic E-state index is 12.0. The van der Waals surface area contributed by atoms with E-state index in [1.54, 1.807) is 0 Å². The van der Waals surface area contributed by atoms with E-state index in [9.17, 15) is 18.0 Å². The van der Waals surface area contributed by atoms with E-state index in [1.165, 1.54) is 18.2 Å². The van der Waals surface area contributed by atoms with Gasteiger partial charge in [-0.25, -0.2) is 4.79 Å². The highest BCUT2D eigenvalue weighted by Crippen LogP contribution is 2.22. The fourth-order valence-electron chi connectivity index (χ4n) is 1.65. The van der Waals surface area contributed by atoms with E-state index in [1.807, 2.05) is 0 Å². The van der Waals surface area contributed by atoms with Gasteiger partial charge in [0.25, 0.3) is 0 Å². The second kappa shape index (κ2) is 7.47. The van der Waals surface area contributed by atoms with Gasteiger partial charge in [-0.3, -0.25) is 0 Å². The Bertz CT molecular complexity index is 758. The van der Waals surface area contributed by atoms with Crippen LogP contribution in [0, 0.1) is 0 Å². The summed E-state index contributed by atoms with van der Waals surface area (Å²) in [6, 6.07) is 4.93. The zero-order valence-corrected chi connectivity index (χ0v) is 12.5. The number of aromatic nitrogens is 3. The number of halogens is 3. The van der Waals surface area contributed by atoms with Gasteiger partial charge in [0.05, 0.1) is 0 Å². The number of alkyl halides is 3. The lowest BCUT2D eigenvalue weighted by Crippen LogP contribution is -2.16. The first-order valence-electron chi connectivity index (χ1n) is 6.68. The first-order valence-corrected chi connectivity index (χ1v) is 6.68. The largest absolute Gasteiger partial charge is 0.573 e. The van der Waals surface area contributed by atoms with E-state index in [4.69, 9.17) is 16.2 Å². The molecule has 0 amide bonds. The lowest BCUT2D eigenvalue weighted by molar-refractivity contribution is -0.274. The summed E-state index contributed by atoms with van der Waals surface area (Å²) in [5.74, 6) is -1.20. The molecule has 25 heavy (non-hydrogen) atoms. The van der Waals surface area contributed by atoms with Crippen LogP contribution in [-0.2, 0) is 16.1 Å². The van der Waals surface area contributed by atoms with Crippen LogP contribution in [0.3, 0.4) is 0 Å². The van der Waals surface area contributed by atoms with E-state index in [-0.39, 0.29) is 30.1 Å². The second-order valence-corrected chi connectivity index (χ2v) is 4.53. The van der Waals surface area contributed by atoms with Crippen LogP contribution in [0.1, 0.15) is 11.4 Å². The number of hydrogen-bond donors (Lipinski definition) is 2. The molecule has 0 atom stereocenters. The minimum absolute atomic E-state index is 0.0837. The molecule has 0 bridgehead atoms. The molecule has 0 saturated heterocycles. The molecule has 4 N–H and O–H groups in total. The molecule has 0 spiro atoms. The fourth-order valence-corrected chi connectivity index (χ4v) is 1.65. The van der Waals surface area contributed by atoms with Crippen molar-refractivity contribution in [3.8, 4) is 5.75 Å². The zero-order chi connectivity index (χ0) is 18.4. The molecular weight excluding hydrogens is 343 g/mol. The number of anilines is 2. The summed E-state index contributed by atoms with van der Waals surface area (Å²) < 4.78 is 44.7. The SMILES string of the molecule is Nc1nc(N)nc(COC(=O)/C=C/c2ccc(OC(F)(F)F)cc2)n1. The van der Waals surface area contributed by atoms with Gasteiger partial charge in [-0.1, -0.05) is 12.1 Å². The number of nitrogens with two attached hydrogens (primary N) is 2. The van der Waals surface area contributed by atoms with Gasteiger partial charge in [0.15, 0.2) is 12.4 Å². The van der Waals surface area contributed by atoms with Crippen molar-refractivity contribution in [1.82, 2.24) is 15.0 Å². The van der Waals surface area contributed by atoms with Crippen LogP contribution in [0.5, 0.6) is 5.75 Å². The Kier molecular flexibility index (Phi) is 5.37. The Morgan fingerprint density at radius 1 is 1.08 bits per heavy atom. The molecule has 1 aromatic heterocycles. The Morgan fingerprint density at radius 2 is 1.68 bits per heavy atom. The maximum Gasteiger partial charge on any atom is 0.573 e. The van der Waals surface area contributed by atoms with Crippen LogP contribution in [-0.4, -0.2) is 27.3 Å². The number of nitrogen functional groups attached to an aromatic ring is 2. The maximum absolute atomic E-state index is 12.0. The smallest absolute Gasteiger partial charge is 0.454 e. The minimum atomic E-state index is -4.76. The third kappa shape index (κ3) is 6.33. The van der Waals surface area contributed by atoms with E-state index in [2.05, 4.69) is 19.7 Å². The number of nitrogens with zero attached hydrogens (tertiary/aromatic N) is 3. The summed E-state index contributed by atoms with van der Waals surface area (Å²) in [5.41, 5.74) is 11.2. The van der Waals surface area contributed by atoms with Crippen LogP contribution < -0.4 is 16.2 Å². The lowest BCUT2D eigenvalue weighted by atomic mass is 10.2. The van der Waals surface area contributed by atoms with Crippen LogP contribution >= 0.6 is 0 Å². The predicted octanol–water partition coefficient (Wildman–Crippen LogP) is 1.69. The molecule has 1 heterocycles. The van der Waals surface area contributed by atoms with Crippen molar-refractivity contribution in [1.29, 1.82) is 0 Å². The molecule has 0 radical (unpaired) electrons. The normalized spacial score (nSPS) is 11.5. The van der Waals surface area contributed by atoms with Crippen molar-refractivity contribution in [2.24, 2.45) is 0 Å². The van der Waals surface area contributed by atoms with Gasteiger partial charge in [-0.15, -0.1) is 13.2 Å². The number of benzene rings is 1. The standard InChI is InChI=1S/C14H12F3N5O3/c15-14(16,17)25-9-4-1-8(2-5-9)3-6-11(23)24-7-10-20-12(18)22-13(19)21-10/h1-6H,7H2,(H4,18,19,20,21,22)/b6-3+. The number of hydrogen-bond acceptors (Lipinski definition) is 8. The van der Waals surface area contributed by atoms with Gasteiger partial charge in [-0.05, 0) is 23.8 Å². The van der Waals surface area contributed by atoms with E-state index >= 15 is 0 Å². The van der Waals surface area contributed by atoms with Gasteiger partial charge < -0.3 is 20.9 Å². The Balaban J connectivity index is 1.89. The first kappa shape index (κ1) is 18.0. The van der Waals surface area contributed by atoms with Gasteiger partial charge in [-0.2, -0.15) is 15.0 Å². The van der Waals surface area contributed by atoms with Crippen molar-refractivity contribution in [3.63, 3.8) is 0 Å². The Hall–Kier alpha value is -3.37. The lowest BCUT2D eigenvalue weighted by Gasteiger charge is -2.08. The van der Waals surface area contributed by atoms with Gasteiger partial charge in [0.2, 0.25) is 11.9 Å². The molecule has 0 fully saturated rings. The molecule has 0 aliphatic heterocycles. The molecule has 0 aliphatic rings. The number of ether oxygens (including phenoxy) is 2. The molecule has 0 saturated carbocycles. The summed E-state index contributed by atoms with van der Waals surface area (Å²) in [7, 11) is 0. The Morgan fingerprint density at radius 3 is 2.24 bits per heavy atom. The highest BCUT2D eigenvalue weighted by Gasteiger charge is 2.30. The molecule has 132 valence electrons. The zero-order valence-electron chi connectivity index (χ0n) is 12.5. The number of carbonyl (C=O) groups is 1. The molecular formula is C14H12F3N5O3. The Labute approximate surface area is 139 Å². The minimum Gasteiger partial charge on any atom is -0.454 e. The van der Waals surface area contributed by atoms with Crippen molar-refractivity contribution < 1.29 is 27.4 Å². The third-order valence-corrected chi connectivity index (χ3v) is 2.59. The van der Waals surface area contributed by atoms with Crippen molar-refractivity contribution in [2.75, 3.05) is 11.5 Å². The van der Waals surface area contributed by atoms with Crippen LogP contribution in [0.4, 0.5) is 25.1 Å². The summed E-state index contributed by atoms with van der Waals surface area (Å²) in [4.78, 5) is 22.6. The van der Waals surface area contributed by atoms with E-state index in [0.717, 1.165) is 18.2 Å². The third-order valence-electron chi connectivity index (χ3n) is 2.59. The molecule has 2 rings (SSSR count). The first-order chi connectivity index (χ1) is 11.7. The monoisotopic (exact) mass is 355 g/mol. The number of esters is 1. The molecule has 2 aromatic rings. The molecule has 11 heteroatoms. The highest BCUT2D eigenvalue weighted by atomic mass is 19.4. The average molecular weight is 355 g/mol. The van der Waals surface area contributed by atoms with E-state index in [0.29, 0.717) is 5.56 Å². The van der Waals surface area contributed by atoms with Crippen LogP contribution in [0.2, 0.25) is 0 Å². The topological polar surface area (TPSA) is 126 Å². The van der Waals surface area contributed by atoms with E-state index < -0.39 is 12.3 Å². The van der Waals surface area contributed by atoms with Crippen molar-refractivity contribution >= 4 is 23.9 Å². The highest BCUT2D eigenvalue weighted by molar-refractivity contribution is 5.87. The summed E-state index contributed by atoms with van der Waals surface area (Å²) in [6.07, 6.45) is -2.31. The molecule has 0 aliphatic carbocycles. The van der Waals surface area contributed by atoms with Gasteiger partial charge >= 0.3 is 12.3 Å². The second-order valence-electron chi connectivity index (χ2n) is 4.53. The average Bonchev–Trinajstić information content (AvgIpc) is 2.50. The molecule has 0 unspecified atom stereocenters. The number of rotatable bonds is 5.